The highest BCUT2D eigenvalue weighted by Gasteiger charge is 2.44. The van der Waals surface area contributed by atoms with Crippen LogP contribution in [0.25, 0.3) is 0 Å². The molecule has 126 valence electrons. The van der Waals surface area contributed by atoms with Gasteiger partial charge in [0.05, 0.1) is 19.5 Å². The molecule has 0 spiro atoms. The average Bonchev–Trinajstić information content (AvgIpc) is 3.22. The van der Waals surface area contributed by atoms with Crippen molar-refractivity contribution in [2.75, 3.05) is 32.0 Å². The first-order valence-corrected chi connectivity index (χ1v) is 9.68. The number of ether oxygens (including phenoxy) is 2. The van der Waals surface area contributed by atoms with Gasteiger partial charge < -0.3 is 14.1 Å². The van der Waals surface area contributed by atoms with Gasteiger partial charge in [0.2, 0.25) is 0 Å². The minimum atomic E-state index is -0.560. The maximum atomic E-state index is 5.67. The van der Waals surface area contributed by atoms with Crippen LogP contribution in [-0.4, -0.2) is 38.0 Å². The Morgan fingerprint density at radius 1 is 1.00 bits per heavy atom. The molecule has 5 heteroatoms. The predicted octanol–water partition coefficient (Wildman–Crippen LogP) is 3.63. The zero-order valence-corrected chi connectivity index (χ0v) is 15.1. The molecular weight excluding hydrogens is 319 g/mol. The van der Waals surface area contributed by atoms with Gasteiger partial charge in [-0.05, 0) is 49.2 Å². The van der Waals surface area contributed by atoms with E-state index in [1.54, 1.807) is 14.2 Å². The predicted molar refractivity (Wildman–Crippen MR) is 99.6 cm³/mol. The molecule has 0 N–H and O–H groups in total. The first-order valence-electron chi connectivity index (χ1n) is 8.43. The molecule has 0 saturated carbocycles. The Kier molecular flexibility index (Phi) is 4.34. The summed E-state index contributed by atoms with van der Waals surface area (Å²) in [5.41, 5.74) is 1.27. The van der Waals surface area contributed by atoms with Crippen LogP contribution in [0.3, 0.4) is 0 Å². The molecule has 0 bridgehead atoms. The van der Waals surface area contributed by atoms with Gasteiger partial charge in [0, 0.05) is 24.8 Å². The molecule has 0 radical (unpaired) electrons. The molecule has 2 aromatic rings. The lowest BCUT2D eigenvalue weighted by Gasteiger charge is -2.31. The van der Waals surface area contributed by atoms with Crippen molar-refractivity contribution in [2.24, 2.45) is 0 Å². The maximum absolute atomic E-state index is 5.67. The fourth-order valence-corrected chi connectivity index (χ4v) is 6.62. The maximum Gasteiger partial charge on any atom is 0.129 e. The van der Waals surface area contributed by atoms with Gasteiger partial charge in [-0.1, -0.05) is 12.1 Å². The van der Waals surface area contributed by atoms with E-state index in [0.717, 1.165) is 18.0 Å². The minimum Gasteiger partial charge on any atom is -0.497 e. The number of methoxy groups -OCH3 is 2. The fraction of sp³-hybridized carbons (Fsp3) is 0.368. The quantitative estimate of drug-likeness (QED) is 0.792. The molecule has 2 fully saturated rings. The molecule has 2 heterocycles. The van der Waals surface area contributed by atoms with E-state index in [0.29, 0.717) is 6.04 Å². The Morgan fingerprint density at radius 2 is 1.79 bits per heavy atom. The van der Waals surface area contributed by atoms with E-state index in [1.165, 1.54) is 30.4 Å². The molecule has 4 nitrogen and oxygen atoms in total. The number of para-hydroxylation sites is 1. The molecule has 0 aliphatic carbocycles. The highest BCUT2D eigenvalue weighted by molar-refractivity contribution is 7.65. The lowest BCUT2D eigenvalue weighted by molar-refractivity contribution is 0.415. The summed E-state index contributed by atoms with van der Waals surface area (Å²) in [4.78, 5) is 0. The number of benzene rings is 2. The van der Waals surface area contributed by atoms with Crippen molar-refractivity contribution in [3.8, 4) is 11.5 Å². The first-order chi connectivity index (χ1) is 11.8. The number of hydrogen-bond acceptors (Lipinski definition) is 4. The zero-order chi connectivity index (χ0) is 16.5. The molecule has 4 rings (SSSR count). The summed E-state index contributed by atoms with van der Waals surface area (Å²) in [6.45, 7) is 2.27. The van der Waals surface area contributed by atoms with Gasteiger partial charge in [0.25, 0.3) is 0 Å². The Balaban J connectivity index is 1.74. The van der Waals surface area contributed by atoms with Crippen LogP contribution in [-0.2, 0) is 0 Å². The SMILES string of the molecule is COc1ccc(N2C[C@@H]3CCCN3P2c2ccccc2OC)cc1. The molecule has 24 heavy (non-hydrogen) atoms. The van der Waals surface area contributed by atoms with E-state index < -0.39 is 8.22 Å². The van der Waals surface area contributed by atoms with E-state index in [-0.39, 0.29) is 0 Å². The fourth-order valence-electron chi connectivity index (χ4n) is 3.70. The lowest BCUT2D eigenvalue weighted by Crippen LogP contribution is -2.24. The number of anilines is 1. The van der Waals surface area contributed by atoms with Gasteiger partial charge in [-0.15, -0.1) is 0 Å². The Bertz CT molecular complexity index is 707. The third kappa shape index (κ3) is 2.64. The summed E-state index contributed by atoms with van der Waals surface area (Å²) in [6, 6.07) is 17.6. The summed E-state index contributed by atoms with van der Waals surface area (Å²) < 4.78 is 16.2. The van der Waals surface area contributed by atoms with Crippen molar-refractivity contribution >= 4 is 19.2 Å². The molecule has 0 amide bonds. The Labute approximate surface area is 144 Å². The van der Waals surface area contributed by atoms with E-state index in [4.69, 9.17) is 9.47 Å². The molecule has 2 atom stereocenters. The zero-order valence-electron chi connectivity index (χ0n) is 14.2. The number of fused-ring (bicyclic) bond motifs is 1. The van der Waals surface area contributed by atoms with Crippen molar-refractivity contribution in [3.63, 3.8) is 0 Å². The third-order valence-electron chi connectivity index (χ3n) is 4.87. The van der Waals surface area contributed by atoms with Gasteiger partial charge in [0.15, 0.2) is 0 Å². The largest absolute Gasteiger partial charge is 0.497 e. The topological polar surface area (TPSA) is 24.9 Å². The van der Waals surface area contributed by atoms with E-state index >= 15 is 0 Å². The number of rotatable bonds is 4. The van der Waals surface area contributed by atoms with Crippen molar-refractivity contribution in [1.29, 1.82) is 0 Å². The van der Waals surface area contributed by atoms with Crippen molar-refractivity contribution in [1.82, 2.24) is 4.67 Å². The summed E-state index contributed by atoms with van der Waals surface area (Å²) in [5, 5.41) is 1.32. The molecule has 1 unspecified atom stereocenters. The molecule has 2 saturated heterocycles. The monoisotopic (exact) mass is 342 g/mol. The van der Waals surface area contributed by atoms with Crippen LogP contribution < -0.4 is 19.4 Å². The van der Waals surface area contributed by atoms with Crippen LogP contribution >= 0.6 is 8.22 Å². The highest BCUT2D eigenvalue weighted by Crippen LogP contribution is 2.56. The Hall–Kier alpha value is -1.77. The van der Waals surface area contributed by atoms with Crippen LogP contribution in [0.4, 0.5) is 5.69 Å². The summed E-state index contributed by atoms with van der Waals surface area (Å²) in [5.74, 6) is 1.90. The second-order valence-corrected chi connectivity index (χ2v) is 8.26. The number of hydrogen-bond donors (Lipinski definition) is 0. The van der Waals surface area contributed by atoms with Gasteiger partial charge in [0.1, 0.15) is 19.7 Å². The van der Waals surface area contributed by atoms with Gasteiger partial charge in [-0.25, -0.2) is 0 Å². The van der Waals surface area contributed by atoms with Gasteiger partial charge in [-0.2, -0.15) is 0 Å². The van der Waals surface area contributed by atoms with Crippen LogP contribution in [0.2, 0.25) is 0 Å². The lowest BCUT2D eigenvalue weighted by atomic mass is 10.2. The highest BCUT2D eigenvalue weighted by atomic mass is 31.1. The standard InChI is InChI=1S/C19H23N2O2P/c1-22-17-11-9-15(10-12-17)21-14-16-6-5-13-20(16)24(21)19-8-4-3-7-18(19)23-2/h3-4,7-12,16H,5-6,13-14H2,1-2H3/t16-,24?/m0/s1. The Morgan fingerprint density at radius 3 is 2.54 bits per heavy atom. The van der Waals surface area contributed by atoms with Crippen LogP contribution in [0.1, 0.15) is 12.8 Å². The minimum absolute atomic E-state index is 0.560. The summed E-state index contributed by atoms with van der Waals surface area (Å²) >= 11 is 0. The molecule has 0 aromatic heterocycles. The van der Waals surface area contributed by atoms with E-state index in [2.05, 4.69) is 51.8 Å². The second kappa shape index (κ2) is 6.62. The summed E-state index contributed by atoms with van der Waals surface area (Å²) in [7, 11) is 2.92. The smallest absolute Gasteiger partial charge is 0.129 e. The molecule has 2 aliphatic rings. The third-order valence-corrected chi connectivity index (χ3v) is 7.54. The number of nitrogens with zero attached hydrogens (tertiary/aromatic N) is 2. The second-order valence-electron chi connectivity index (χ2n) is 6.20. The summed E-state index contributed by atoms with van der Waals surface area (Å²) in [6.07, 6.45) is 2.59. The van der Waals surface area contributed by atoms with E-state index in [9.17, 15) is 0 Å². The molecule has 2 aliphatic heterocycles. The van der Waals surface area contributed by atoms with Gasteiger partial charge in [-0.3, -0.25) is 4.67 Å². The van der Waals surface area contributed by atoms with Crippen LogP contribution in [0.15, 0.2) is 48.5 Å². The normalized spacial score (nSPS) is 23.3. The molecular formula is C19H23N2O2P. The van der Waals surface area contributed by atoms with Crippen molar-refractivity contribution in [2.45, 2.75) is 18.9 Å². The van der Waals surface area contributed by atoms with Crippen molar-refractivity contribution < 1.29 is 9.47 Å². The van der Waals surface area contributed by atoms with E-state index in [1.807, 2.05) is 6.07 Å². The van der Waals surface area contributed by atoms with Crippen LogP contribution in [0, 0.1) is 0 Å². The van der Waals surface area contributed by atoms with Crippen molar-refractivity contribution in [3.05, 3.63) is 48.5 Å². The first kappa shape index (κ1) is 15.7. The average molecular weight is 342 g/mol. The molecule has 2 aromatic carbocycles. The van der Waals surface area contributed by atoms with Gasteiger partial charge >= 0.3 is 0 Å². The van der Waals surface area contributed by atoms with Crippen LogP contribution in [0.5, 0.6) is 11.5 Å².